The van der Waals surface area contributed by atoms with Crippen LogP contribution in [0, 0.1) is 29.1 Å². The van der Waals surface area contributed by atoms with Gasteiger partial charge in [-0.1, -0.05) is 20.4 Å². The van der Waals surface area contributed by atoms with Gasteiger partial charge in [-0.25, -0.2) is 0 Å². The van der Waals surface area contributed by atoms with Crippen LogP contribution in [0.25, 0.3) is 0 Å². The molecule has 2 bridgehead atoms. The molecule has 0 heterocycles. The van der Waals surface area contributed by atoms with E-state index in [4.69, 9.17) is 0 Å². The molecule has 2 aliphatic carbocycles. The van der Waals surface area contributed by atoms with Crippen molar-refractivity contribution in [2.24, 2.45) is 29.1 Å². The Morgan fingerprint density at radius 3 is 2.19 bits per heavy atom. The van der Waals surface area contributed by atoms with E-state index in [0.717, 1.165) is 0 Å². The van der Waals surface area contributed by atoms with Crippen LogP contribution in [0.1, 0.15) is 26.7 Å². The molecule has 5 atom stereocenters. The zero-order valence-corrected chi connectivity index (χ0v) is 9.51. The standard InChI is InChI=1S/C12H17F3O/c1-6-7(2)10-4-9(6)5-11(10,8(3)16)12(13,14)15/h6-7,9-10,16H,3-5H2,1-2H3. The third-order valence-corrected chi connectivity index (χ3v) is 5.00. The lowest BCUT2D eigenvalue weighted by Gasteiger charge is -2.43. The van der Waals surface area contributed by atoms with Gasteiger partial charge < -0.3 is 5.11 Å². The summed E-state index contributed by atoms with van der Waals surface area (Å²) in [5.41, 5.74) is -2.04. The molecule has 0 radical (unpaired) electrons. The Bertz CT molecular complexity index is 321. The molecule has 2 rings (SSSR count). The molecule has 16 heavy (non-hydrogen) atoms. The molecule has 0 amide bonds. The van der Waals surface area contributed by atoms with Crippen LogP contribution in [-0.4, -0.2) is 11.3 Å². The second-order valence-electron chi connectivity index (χ2n) is 5.44. The summed E-state index contributed by atoms with van der Waals surface area (Å²) in [6, 6.07) is 0. The fourth-order valence-electron chi connectivity index (χ4n) is 3.86. The molecule has 0 aromatic heterocycles. The SMILES string of the molecule is C=C(O)C1(C(F)(F)F)CC2CC1C(C)C2C. The van der Waals surface area contributed by atoms with Gasteiger partial charge in [-0.3, -0.25) is 0 Å². The van der Waals surface area contributed by atoms with E-state index >= 15 is 0 Å². The first-order chi connectivity index (χ1) is 7.22. The highest BCUT2D eigenvalue weighted by molar-refractivity contribution is 5.19. The maximum absolute atomic E-state index is 13.2. The lowest BCUT2D eigenvalue weighted by Crippen LogP contribution is -2.47. The van der Waals surface area contributed by atoms with Crippen LogP contribution in [0.3, 0.4) is 0 Å². The Balaban J connectivity index is 2.43. The predicted molar refractivity (Wildman–Crippen MR) is 54.8 cm³/mol. The molecule has 0 aromatic rings. The summed E-state index contributed by atoms with van der Waals surface area (Å²) in [6.07, 6.45) is -3.80. The van der Waals surface area contributed by atoms with Crippen LogP contribution in [-0.2, 0) is 0 Å². The lowest BCUT2D eigenvalue weighted by molar-refractivity contribution is -0.243. The van der Waals surface area contributed by atoms with Crippen LogP contribution in [0.2, 0.25) is 0 Å². The Morgan fingerprint density at radius 2 is 1.88 bits per heavy atom. The van der Waals surface area contributed by atoms with Gasteiger partial charge >= 0.3 is 6.18 Å². The molecule has 2 aliphatic rings. The number of halogens is 3. The Kier molecular flexibility index (Phi) is 2.34. The van der Waals surface area contributed by atoms with E-state index in [-0.39, 0.29) is 18.3 Å². The van der Waals surface area contributed by atoms with Crippen molar-refractivity contribution in [2.75, 3.05) is 0 Å². The molecule has 0 aromatic carbocycles. The van der Waals surface area contributed by atoms with Crippen molar-refractivity contribution in [2.45, 2.75) is 32.9 Å². The summed E-state index contributed by atoms with van der Waals surface area (Å²) in [6.45, 7) is 7.06. The minimum atomic E-state index is -4.38. The van der Waals surface area contributed by atoms with Crippen molar-refractivity contribution in [3.05, 3.63) is 12.3 Å². The van der Waals surface area contributed by atoms with Crippen molar-refractivity contribution in [1.29, 1.82) is 0 Å². The summed E-state index contributed by atoms with van der Waals surface area (Å²) in [4.78, 5) is 0. The first-order valence-electron chi connectivity index (χ1n) is 5.67. The zero-order chi connectivity index (χ0) is 12.3. The van der Waals surface area contributed by atoms with Crippen molar-refractivity contribution >= 4 is 0 Å². The summed E-state index contributed by atoms with van der Waals surface area (Å²) in [5, 5.41) is 9.45. The second-order valence-corrected chi connectivity index (χ2v) is 5.44. The molecule has 2 saturated carbocycles. The number of allylic oxidation sites excluding steroid dienone is 1. The van der Waals surface area contributed by atoms with Gasteiger partial charge in [0.1, 0.15) is 11.2 Å². The van der Waals surface area contributed by atoms with E-state index in [2.05, 4.69) is 6.58 Å². The molecule has 1 N–H and O–H groups in total. The Hall–Kier alpha value is -0.670. The number of hydrogen-bond acceptors (Lipinski definition) is 1. The maximum atomic E-state index is 13.2. The fraction of sp³-hybridized carbons (Fsp3) is 0.833. The van der Waals surface area contributed by atoms with Gasteiger partial charge in [0.15, 0.2) is 0 Å². The maximum Gasteiger partial charge on any atom is 0.401 e. The minimum absolute atomic E-state index is 0.00396. The van der Waals surface area contributed by atoms with Gasteiger partial charge in [-0.15, -0.1) is 0 Å². The number of hydrogen-bond donors (Lipinski definition) is 1. The highest BCUT2D eigenvalue weighted by Gasteiger charge is 2.70. The quantitative estimate of drug-likeness (QED) is 0.682. The summed E-state index contributed by atoms with van der Waals surface area (Å²) in [7, 11) is 0. The van der Waals surface area contributed by atoms with Gasteiger partial charge in [-0.2, -0.15) is 13.2 Å². The number of alkyl halides is 3. The number of fused-ring (bicyclic) bond motifs is 2. The molecule has 2 fully saturated rings. The third kappa shape index (κ3) is 1.19. The largest absolute Gasteiger partial charge is 0.512 e. The molecule has 0 aliphatic heterocycles. The van der Waals surface area contributed by atoms with Gasteiger partial charge in [0.2, 0.25) is 0 Å². The second kappa shape index (κ2) is 3.17. The normalized spacial score (nSPS) is 47.3. The summed E-state index contributed by atoms with van der Waals surface area (Å²) < 4.78 is 39.6. The average molecular weight is 234 g/mol. The van der Waals surface area contributed by atoms with Crippen LogP contribution >= 0.6 is 0 Å². The monoisotopic (exact) mass is 234 g/mol. The van der Waals surface area contributed by atoms with Crippen molar-refractivity contribution in [3.8, 4) is 0 Å². The van der Waals surface area contributed by atoms with E-state index in [1.165, 1.54) is 0 Å². The summed E-state index contributed by atoms with van der Waals surface area (Å²) >= 11 is 0. The highest BCUT2D eigenvalue weighted by Crippen LogP contribution is 2.68. The summed E-state index contributed by atoms with van der Waals surface area (Å²) in [5.74, 6) is -0.786. The number of aliphatic hydroxyl groups is 1. The first-order valence-corrected chi connectivity index (χ1v) is 5.67. The fourth-order valence-corrected chi connectivity index (χ4v) is 3.86. The van der Waals surface area contributed by atoms with Gasteiger partial charge in [0, 0.05) is 0 Å². The molecule has 5 unspecified atom stereocenters. The molecular formula is C12H17F3O. The van der Waals surface area contributed by atoms with Crippen molar-refractivity contribution in [3.63, 3.8) is 0 Å². The topological polar surface area (TPSA) is 20.2 Å². The zero-order valence-electron chi connectivity index (χ0n) is 9.51. The number of aliphatic hydroxyl groups excluding tert-OH is 1. The molecular weight excluding hydrogens is 217 g/mol. The first kappa shape index (κ1) is 11.8. The Labute approximate surface area is 93.3 Å². The molecule has 0 saturated heterocycles. The third-order valence-electron chi connectivity index (χ3n) is 5.00. The molecule has 1 nitrogen and oxygen atoms in total. The predicted octanol–water partition coefficient (Wildman–Crippen LogP) is 3.92. The van der Waals surface area contributed by atoms with E-state index < -0.39 is 23.3 Å². The smallest absolute Gasteiger partial charge is 0.401 e. The van der Waals surface area contributed by atoms with E-state index in [1.54, 1.807) is 0 Å². The van der Waals surface area contributed by atoms with Crippen molar-refractivity contribution in [1.82, 2.24) is 0 Å². The van der Waals surface area contributed by atoms with Gasteiger partial charge in [0.05, 0.1) is 0 Å². The number of rotatable bonds is 1. The van der Waals surface area contributed by atoms with Crippen molar-refractivity contribution < 1.29 is 18.3 Å². The van der Waals surface area contributed by atoms with Crippen LogP contribution in [0.5, 0.6) is 0 Å². The van der Waals surface area contributed by atoms with Crippen LogP contribution in [0.15, 0.2) is 12.3 Å². The molecule has 0 spiro atoms. The van der Waals surface area contributed by atoms with Crippen LogP contribution < -0.4 is 0 Å². The van der Waals surface area contributed by atoms with Gasteiger partial charge in [0.25, 0.3) is 0 Å². The lowest BCUT2D eigenvalue weighted by atomic mass is 9.64. The Morgan fingerprint density at radius 1 is 1.31 bits per heavy atom. The van der Waals surface area contributed by atoms with Gasteiger partial charge in [-0.05, 0) is 36.5 Å². The minimum Gasteiger partial charge on any atom is -0.512 e. The van der Waals surface area contributed by atoms with Crippen LogP contribution in [0.4, 0.5) is 13.2 Å². The van der Waals surface area contributed by atoms with E-state index in [1.807, 2.05) is 13.8 Å². The van der Waals surface area contributed by atoms with E-state index in [0.29, 0.717) is 12.3 Å². The molecule has 4 heteroatoms. The van der Waals surface area contributed by atoms with E-state index in [9.17, 15) is 18.3 Å². The molecule has 92 valence electrons. The highest BCUT2D eigenvalue weighted by atomic mass is 19.4. The average Bonchev–Trinajstić information content (AvgIpc) is 2.64.